The lowest BCUT2D eigenvalue weighted by Crippen LogP contribution is -2.30. The Hall–Kier alpha value is -2.91. The zero-order chi connectivity index (χ0) is 21.8. The van der Waals surface area contributed by atoms with Gasteiger partial charge in [0.25, 0.3) is 5.91 Å². The Balaban J connectivity index is 2.07. The van der Waals surface area contributed by atoms with E-state index >= 15 is 0 Å². The SMILES string of the molecule is COc1ccc(C)cc1NC(=O)C(C)OC(=O)c1ccc(S(=O)(=O)N(C)C)cc1. The van der Waals surface area contributed by atoms with Crippen molar-refractivity contribution in [2.24, 2.45) is 0 Å². The van der Waals surface area contributed by atoms with Crippen molar-refractivity contribution in [2.75, 3.05) is 26.5 Å². The molecule has 2 rings (SSSR count). The van der Waals surface area contributed by atoms with Gasteiger partial charge in [-0.3, -0.25) is 4.79 Å². The van der Waals surface area contributed by atoms with Gasteiger partial charge in [0, 0.05) is 14.1 Å². The van der Waals surface area contributed by atoms with Crippen LogP contribution in [0.2, 0.25) is 0 Å². The molecule has 0 aromatic heterocycles. The molecular formula is C20H24N2O6S. The smallest absolute Gasteiger partial charge is 0.338 e. The van der Waals surface area contributed by atoms with Crippen molar-refractivity contribution in [3.8, 4) is 5.75 Å². The Morgan fingerprint density at radius 1 is 1.07 bits per heavy atom. The highest BCUT2D eigenvalue weighted by atomic mass is 32.2. The molecule has 2 aromatic carbocycles. The van der Waals surface area contributed by atoms with Crippen LogP contribution in [0, 0.1) is 6.92 Å². The van der Waals surface area contributed by atoms with Gasteiger partial charge in [-0.2, -0.15) is 0 Å². The third-order valence-corrected chi connectivity index (χ3v) is 5.96. The van der Waals surface area contributed by atoms with Gasteiger partial charge in [-0.15, -0.1) is 0 Å². The van der Waals surface area contributed by atoms with Crippen molar-refractivity contribution in [2.45, 2.75) is 24.8 Å². The van der Waals surface area contributed by atoms with Gasteiger partial charge in [-0.25, -0.2) is 17.5 Å². The number of rotatable bonds is 7. The molecule has 0 radical (unpaired) electrons. The molecular weight excluding hydrogens is 396 g/mol. The predicted octanol–water partition coefficient (Wildman–Crippen LogP) is 2.44. The Morgan fingerprint density at radius 3 is 2.24 bits per heavy atom. The highest BCUT2D eigenvalue weighted by molar-refractivity contribution is 7.89. The summed E-state index contributed by atoms with van der Waals surface area (Å²) in [4.78, 5) is 24.7. The standard InChI is InChI=1S/C20H24N2O6S/c1-13-6-11-18(27-5)17(12-13)21-19(23)14(2)28-20(24)15-7-9-16(10-8-15)29(25,26)22(3)4/h6-12,14H,1-5H3,(H,21,23). The van der Waals surface area contributed by atoms with Gasteiger partial charge in [-0.1, -0.05) is 6.07 Å². The molecule has 1 atom stereocenters. The lowest BCUT2D eigenvalue weighted by molar-refractivity contribution is -0.123. The van der Waals surface area contributed by atoms with Crippen LogP contribution in [0.3, 0.4) is 0 Å². The lowest BCUT2D eigenvalue weighted by Gasteiger charge is -2.16. The maximum absolute atomic E-state index is 12.4. The average molecular weight is 420 g/mol. The summed E-state index contributed by atoms with van der Waals surface area (Å²) < 4.78 is 35.6. The van der Waals surface area contributed by atoms with E-state index < -0.39 is 28.0 Å². The summed E-state index contributed by atoms with van der Waals surface area (Å²) in [7, 11) is 0.730. The van der Waals surface area contributed by atoms with E-state index in [1.165, 1.54) is 52.4 Å². The second-order valence-electron chi connectivity index (χ2n) is 6.55. The van der Waals surface area contributed by atoms with Crippen LogP contribution < -0.4 is 10.1 Å². The molecule has 1 N–H and O–H groups in total. The first-order chi connectivity index (χ1) is 13.6. The Kier molecular flexibility index (Phi) is 6.99. The van der Waals surface area contributed by atoms with Gasteiger partial charge in [0.05, 0.1) is 23.3 Å². The molecule has 8 nitrogen and oxygen atoms in total. The number of carbonyl (C=O) groups excluding carboxylic acids is 2. The van der Waals surface area contributed by atoms with Crippen molar-refractivity contribution < 1.29 is 27.5 Å². The van der Waals surface area contributed by atoms with Crippen LogP contribution >= 0.6 is 0 Å². The minimum atomic E-state index is -3.60. The number of carbonyl (C=O) groups is 2. The number of hydrogen-bond donors (Lipinski definition) is 1. The number of amides is 1. The number of aryl methyl sites for hydroxylation is 1. The topological polar surface area (TPSA) is 102 Å². The fourth-order valence-electron chi connectivity index (χ4n) is 2.41. The van der Waals surface area contributed by atoms with E-state index in [2.05, 4.69) is 5.32 Å². The largest absolute Gasteiger partial charge is 0.495 e. The number of anilines is 1. The number of sulfonamides is 1. The summed E-state index contributed by atoms with van der Waals surface area (Å²) >= 11 is 0. The summed E-state index contributed by atoms with van der Waals surface area (Å²) in [5, 5.41) is 2.67. The van der Waals surface area contributed by atoms with E-state index in [0.717, 1.165) is 9.87 Å². The summed E-state index contributed by atoms with van der Waals surface area (Å²) in [6.45, 7) is 3.32. The molecule has 0 aliphatic rings. The van der Waals surface area contributed by atoms with Crippen molar-refractivity contribution in [1.29, 1.82) is 0 Å². The van der Waals surface area contributed by atoms with Crippen LogP contribution in [-0.4, -0.2) is 51.9 Å². The van der Waals surface area contributed by atoms with Gasteiger partial charge < -0.3 is 14.8 Å². The molecule has 0 saturated heterocycles. The molecule has 0 fully saturated rings. The average Bonchev–Trinajstić information content (AvgIpc) is 2.68. The Morgan fingerprint density at radius 2 is 1.69 bits per heavy atom. The van der Waals surface area contributed by atoms with Crippen molar-refractivity contribution in [3.05, 3.63) is 53.6 Å². The molecule has 0 heterocycles. The van der Waals surface area contributed by atoms with Crippen LogP contribution in [0.1, 0.15) is 22.8 Å². The second-order valence-corrected chi connectivity index (χ2v) is 8.70. The molecule has 0 bridgehead atoms. The molecule has 1 amide bonds. The highest BCUT2D eigenvalue weighted by Gasteiger charge is 2.22. The summed E-state index contributed by atoms with van der Waals surface area (Å²) in [6, 6.07) is 10.6. The molecule has 0 aliphatic heterocycles. The lowest BCUT2D eigenvalue weighted by atomic mass is 10.2. The number of nitrogens with zero attached hydrogens (tertiary/aromatic N) is 1. The first-order valence-corrected chi connectivity index (χ1v) is 10.2. The number of nitrogens with one attached hydrogen (secondary N) is 1. The van der Waals surface area contributed by atoms with Crippen LogP contribution in [0.15, 0.2) is 47.4 Å². The van der Waals surface area contributed by atoms with Crippen molar-refractivity contribution in [3.63, 3.8) is 0 Å². The van der Waals surface area contributed by atoms with E-state index in [1.54, 1.807) is 12.1 Å². The third-order valence-electron chi connectivity index (χ3n) is 4.13. The second kappa shape index (κ2) is 9.06. The van der Waals surface area contributed by atoms with Crippen molar-refractivity contribution >= 4 is 27.6 Å². The predicted molar refractivity (Wildman–Crippen MR) is 109 cm³/mol. The Bertz CT molecular complexity index is 1000. The maximum Gasteiger partial charge on any atom is 0.338 e. The van der Waals surface area contributed by atoms with E-state index in [1.807, 2.05) is 13.0 Å². The van der Waals surface area contributed by atoms with Gasteiger partial charge >= 0.3 is 5.97 Å². The summed E-state index contributed by atoms with van der Waals surface area (Å²) in [6.07, 6.45) is -1.07. The molecule has 2 aromatic rings. The molecule has 29 heavy (non-hydrogen) atoms. The van der Waals surface area contributed by atoms with E-state index in [0.29, 0.717) is 11.4 Å². The van der Waals surface area contributed by atoms with Gasteiger partial charge in [0.15, 0.2) is 6.10 Å². The normalized spacial score (nSPS) is 12.3. The van der Waals surface area contributed by atoms with Gasteiger partial charge in [0.1, 0.15) is 5.75 Å². The first kappa shape index (κ1) is 22.4. The highest BCUT2D eigenvalue weighted by Crippen LogP contribution is 2.25. The fraction of sp³-hybridized carbons (Fsp3) is 0.300. The fourth-order valence-corrected chi connectivity index (χ4v) is 3.31. The summed E-state index contributed by atoms with van der Waals surface area (Å²) in [5.74, 6) is -0.771. The molecule has 1 unspecified atom stereocenters. The maximum atomic E-state index is 12.4. The molecule has 0 saturated carbocycles. The van der Waals surface area contributed by atoms with Crippen LogP contribution in [-0.2, 0) is 19.6 Å². The zero-order valence-electron chi connectivity index (χ0n) is 16.9. The third kappa shape index (κ3) is 5.33. The first-order valence-electron chi connectivity index (χ1n) is 8.75. The molecule has 0 spiro atoms. The molecule has 9 heteroatoms. The minimum absolute atomic E-state index is 0.0522. The van der Waals surface area contributed by atoms with Crippen molar-refractivity contribution in [1.82, 2.24) is 4.31 Å². The van der Waals surface area contributed by atoms with E-state index in [4.69, 9.17) is 9.47 Å². The summed E-state index contributed by atoms with van der Waals surface area (Å²) in [5.41, 5.74) is 1.53. The van der Waals surface area contributed by atoms with E-state index in [9.17, 15) is 18.0 Å². The number of esters is 1. The zero-order valence-corrected chi connectivity index (χ0v) is 17.7. The minimum Gasteiger partial charge on any atom is -0.495 e. The monoisotopic (exact) mass is 420 g/mol. The molecule has 0 aliphatic carbocycles. The quantitative estimate of drug-likeness (QED) is 0.691. The number of hydrogen-bond acceptors (Lipinski definition) is 6. The van der Waals surface area contributed by atoms with Crippen LogP contribution in [0.4, 0.5) is 5.69 Å². The Labute approximate surface area is 170 Å². The number of ether oxygens (including phenoxy) is 2. The van der Waals surface area contributed by atoms with E-state index in [-0.39, 0.29) is 10.5 Å². The van der Waals surface area contributed by atoms with Crippen LogP contribution in [0.25, 0.3) is 0 Å². The van der Waals surface area contributed by atoms with Gasteiger partial charge in [0.2, 0.25) is 10.0 Å². The van der Waals surface area contributed by atoms with Crippen LogP contribution in [0.5, 0.6) is 5.75 Å². The van der Waals surface area contributed by atoms with Gasteiger partial charge in [-0.05, 0) is 55.8 Å². The number of methoxy groups -OCH3 is 1. The molecule has 156 valence electrons. The number of benzene rings is 2.